The van der Waals surface area contributed by atoms with Crippen molar-refractivity contribution in [3.8, 4) is 5.75 Å². The number of rotatable bonds is 9. The molecule has 5 nitrogen and oxygen atoms in total. The number of benzene rings is 3. The lowest BCUT2D eigenvalue weighted by Gasteiger charge is -2.35. The van der Waals surface area contributed by atoms with Gasteiger partial charge in [-0.1, -0.05) is 72.3 Å². The van der Waals surface area contributed by atoms with E-state index in [2.05, 4.69) is 20.4 Å². The predicted octanol–water partition coefficient (Wildman–Crippen LogP) is 7.28. The van der Waals surface area contributed by atoms with Crippen molar-refractivity contribution in [1.82, 2.24) is 10.3 Å². The first-order chi connectivity index (χ1) is 18.2. The van der Waals surface area contributed by atoms with Crippen molar-refractivity contribution in [3.05, 3.63) is 125 Å². The van der Waals surface area contributed by atoms with Crippen LogP contribution in [0.4, 0.5) is 28.0 Å². The van der Waals surface area contributed by atoms with Gasteiger partial charge in [0.1, 0.15) is 11.3 Å². The Labute approximate surface area is 221 Å². The Morgan fingerprint density at radius 2 is 1.61 bits per heavy atom. The molecule has 0 saturated heterocycles. The molecular formula is C28H22ClF4N3O2. The van der Waals surface area contributed by atoms with Gasteiger partial charge in [0.25, 0.3) is 0 Å². The zero-order valence-corrected chi connectivity index (χ0v) is 20.5. The average Bonchev–Trinajstić information content (AvgIpc) is 2.89. The standard InChI is InChI=1S/C28H22ClF4N3O2/c29-21-14-15-24(34-18-21)27(17-19-8-3-1-4-9-19,36-26(37)35-22-11-5-2-6-12-22)20-10-7-13-23(16-20)38-28(32,33)25(30)31/h1-16,18,25H,17H2,(H2,35,36,37). The number of nitrogens with one attached hydrogen (secondary N) is 2. The fraction of sp³-hybridized carbons (Fsp3) is 0.143. The summed E-state index contributed by atoms with van der Waals surface area (Å²) in [5.74, 6) is -0.510. The summed E-state index contributed by atoms with van der Waals surface area (Å²) in [5.41, 5.74) is 0.420. The van der Waals surface area contributed by atoms with Gasteiger partial charge in [0.15, 0.2) is 0 Å². The second-order valence-electron chi connectivity index (χ2n) is 8.37. The monoisotopic (exact) mass is 543 g/mol. The molecule has 1 heterocycles. The van der Waals surface area contributed by atoms with Crippen molar-refractivity contribution >= 4 is 23.3 Å². The number of hydrogen-bond acceptors (Lipinski definition) is 3. The lowest BCUT2D eigenvalue weighted by molar-refractivity contribution is -0.253. The van der Waals surface area contributed by atoms with E-state index >= 15 is 0 Å². The van der Waals surface area contributed by atoms with E-state index in [0.29, 0.717) is 16.4 Å². The Kier molecular flexibility index (Phi) is 8.16. The lowest BCUT2D eigenvalue weighted by atomic mass is 9.80. The number of urea groups is 1. The maximum absolute atomic E-state index is 13.7. The molecule has 0 aliphatic rings. The molecule has 0 saturated carbocycles. The topological polar surface area (TPSA) is 63.2 Å². The molecule has 2 N–H and O–H groups in total. The van der Waals surface area contributed by atoms with Crippen molar-refractivity contribution < 1.29 is 27.1 Å². The summed E-state index contributed by atoms with van der Waals surface area (Å²) in [6.07, 6.45) is -7.23. The van der Waals surface area contributed by atoms with Crippen LogP contribution in [-0.4, -0.2) is 23.5 Å². The number of nitrogens with zero attached hydrogens (tertiary/aromatic N) is 1. The third-order valence-corrected chi connectivity index (χ3v) is 5.89. The van der Waals surface area contributed by atoms with Gasteiger partial charge in [-0.3, -0.25) is 4.98 Å². The molecule has 0 spiro atoms. The number of carbonyl (C=O) groups excluding carboxylic acids is 1. The summed E-state index contributed by atoms with van der Waals surface area (Å²) in [7, 11) is 0. The van der Waals surface area contributed by atoms with Crippen molar-refractivity contribution in [2.45, 2.75) is 24.5 Å². The number of pyridine rings is 1. The van der Waals surface area contributed by atoms with E-state index in [-0.39, 0.29) is 12.0 Å². The Morgan fingerprint density at radius 3 is 2.24 bits per heavy atom. The van der Waals surface area contributed by atoms with Crippen molar-refractivity contribution in [1.29, 1.82) is 0 Å². The van der Waals surface area contributed by atoms with Gasteiger partial charge in [0.05, 0.1) is 10.7 Å². The maximum Gasteiger partial charge on any atom is 0.461 e. The molecule has 4 rings (SSSR count). The number of hydrogen-bond donors (Lipinski definition) is 2. The van der Waals surface area contributed by atoms with E-state index < -0.39 is 29.9 Å². The molecule has 1 atom stereocenters. The third kappa shape index (κ3) is 6.41. The Bertz CT molecular complexity index is 1360. The van der Waals surface area contributed by atoms with Crippen LogP contribution in [0.15, 0.2) is 103 Å². The van der Waals surface area contributed by atoms with Crippen LogP contribution in [-0.2, 0) is 12.0 Å². The second kappa shape index (κ2) is 11.5. The number of halogens is 5. The number of aromatic nitrogens is 1. The number of para-hydroxylation sites is 1. The number of carbonyl (C=O) groups is 1. The summed E-state index contributed by atoms with van der Waals surface area (Å²) in [4.78, 5) is 17.7. The molecule has 0 fully saturated rings. The van der Waals surface area contributed by atoms with E-state index in [1.807, 2.05) is 30.3 Å². The van der Waals surface area contributed by atoms with Gasteiger partial charge in [0, 0.05) is 18.3 Å². The van der Waals surface area contributed by atoms with Crippen molar-refractivity contribution in [2.75, 3.05) is 5.32 Å². The van der Waals surface area contributed by atoms with Crippen LogP contribution in [0.5, 0.6) is 5.75 Å². The molecule has 0 radical (unpaired) electrons. The van der Waals surface area contributed by atoms with Crippen molar-refractivity contribution in [3.63, 3.8) is 0 Å². The molecule has 38 heavy (non-hydrogen) atoms. The van der Waals surface area contributed by atoms with Gasteiger partial charge in [0.2, 0.25) is 0 Å². The van der Waals surface area contributed by atoms with Gasteiger partial charge in [-0.15, -0.1) is 0 Å². The minimum absolute atomic E-state index is 0.124. The van der Waals surface area contributed by atoms with E-state index in [0.717, 1.165) is 11.6 Å². The zero-order valence-electron chi connectivity index (χ0n) is 19.8. The molecular weight excluding hydrogens is 522 g/mol. The molecule has 0 aliphatic carbocycles. The van der Waals surface area contributed by atoms with Gasteiger partial charge < -0.3 is 15.4 Å². The first-order valence-corrected chi connectivity index (χ1v) is 11.8. The molecule has 1 unspecified atom stereocenters. The summed E-state index contributed by atoms with van der Waals surface area (Å²) in [6.45, 7) is 0. The van der Waals surface area contributed by atoms with E-state index in [4.69, 9.17) is 11.6 Å². The maximum atomic E-state index is 13.7. The average molecular weight is 544 g/mol. The van der Waals surface area contributed by atoms with Crippen LogP contribution >= 0.6 is 11.6 Å². The van der Waals surface area contributed by atoms with Crippen LogP contribution in [0.2, 0.25) is 5.02 Å². The first kappa shape index (κ1) is 26.9. The molecule has 10 heteroatoms. The first-order valence-electron chi connectivity index (χ1n) is 11.4. The number of ether oxygens (including phenoxy) is 1. The molecule has 0 aliphatic heterocycles. The summed E-state index contributed by atoms with van der Waals surface area (Å²) in [6, 6.07) is 25.6. The van der Waals surface area contributed by atoms with Crippen LogP contribution in [0.25, 0.3) is 0 Å². The summed E-state index contributed by atoms with van der Waals surface area (Å²) < 4.78 is 57.5. The molecule has 3 aromatic carbocycles. The zero-order chi connectivity index (χ0) is 27.2. The van der Waals surface area contributed by atoms with Gasteiger partial charge in [-0.05, 0) is 47.5 Å². The van der Waals surface area contributed by atoms with Crippen LogP contribution in [0.1, 0.15) is 16.8 Å². The highest BCUT2D eigenvalue weighted by molar-refractivity contribution is 6.30. The van der Waals surface area contributed by atoms with Crippen LogP contribution < -0.4 is 15.4 Å². The fourth-order valence-electron chi connectivity index (χ4n) is 3.96. The molecule has 0 bridgehead atoms. The summed E-state index contributed by atoms with van der Waals surface area (Å²) >= 11 is 6.07. The minimum Gasteiger partial charge on any atom is -0.428 e. The number of amides is 2. The highest BCUT2D eigenvalue weighted by Gasteiger charge is 2.44. The fourth-order valence-corrected chi connectivity index (χ4v) is 4.07. The van der Waals surface area contributed by atoms with E-state index in [1.165, 1.54) is 18.3 Å². The van der Waals surface area contributed by atoms with E-state index in [9.17, 15) is 22.4 Å². The van der Waals surface area contributed by atoms with E-state index in [1.54, 1.807) is 48.5 Å². The van der Waals surface area contributed by atoms with Gasteiger partial charge >= 0.3 is 18.6 Å². The van der Waals surface area contributed by atoms with Gasteiger partial charge in [-0.25, -0.2) is 4.79 Å². The largest absolute Gasteiger partial charge is 0.461 e. The SMILES string of the molecule is O=C(Nc1ccccc1)NC(Cc1ccccc1)(c1cccc(OC(F)(F)C(F)F)c1)c1ccc(Cl)cn1. The van der Waals surface area contributed by atoms with Crippen LogP contribution in [0, 0.1) is 0 Å². The molecule has 1 aromatic heterocycles. The predicted molar refractivity (Wildman–Crippen MR) is 137 cm³/mol. The number of anilines is 1. The normalized spacial score (nSPS) is 13.0. The second-order valence-corrected chi connectivity index (χ2v) is 8.80. The minimum atomic E-state index is -4.71. The third-order valence-electron chi connectivity index (χ3n) is 5.67. The Hall–Kier alpha value is -4.11. The molecule has 196 valence electrons. The Morgan fingerprint density at radius 1 is 0.921 bits per heavy atom. The highest BCUT2D eigenvalue weighted by atomic mass is 35.5. The van der Waals surface area contributed by atoms with Gasteiger partial charge in [-0.2, -0.15) is 17.6 Å². The molecule has 2 amide bonds. The summed E-state index contributed by atoms with van der Waals surface area (Å²) in [5, 5.41) is 6.03. The highest BCUT2D eigenvalue weighted by Crippen LogP contribution is 2.36. The number of alkyl halides is 4. The van der Waals surface area contributed by atoms with Crippen LogP contribution in [0.3, 0.4) is 0 Å². The quantitative estimate of drug-likeness (QED) is 0.218. The lowest BCUT2D eigenvalue weighted by Crippen LogP contribution is -2.50. The Balaban J connectivity index is 1.84. The van der Waals surface area contributed by atoms with Crippen molar-refractivity contribution in [2.24, 2.45) is 0 Å². The smallest absolute Gasteiger partial charge is 0.428 e. The molecule has 4 aromatic rings.